The summed E-state index contributed by atoms with van der Waals surface area (Å²) < 4.78 is 46.2. The van der Waals surface area contributed by atoms with Crippen LogP contribution in [-0.4, -0.2) is 0 Å². The Morgan fingerprint density at radius 3 is 1.00 bits per heavy atom. The summed E-state index contributed by atoms with van der Waals surface area (Å²) in [5, 5.41) is 0. The summed E-state index contributed by atoms with van der Waals surface area (Å²) >= 11 is 0. The molecule has 0 aromatic heterocycles. The van der Waals surface area contributed by atoms with Crippen molar-refractivity contribution in [2.45, 2.75) is 0 Å². The molecule has 0 unspecified atom stereocenters. The molecule has 0 amide bonds. The molecule has 0 radical (unpaired) electrons. The van der Waals surface area contributed by atoms with Gasteiger partial charge in [0.05, 0.1) is 4.52 Å². The van der Waals surface area contributed by atoms with Gasteiger partial charge in [-0.1, -0.05) is 109 Å². The van der Waals surface area contributed by atoms with E-state index in [1.54, 1.807) is 0 Å². The molecule has 1 aliphatic heterocycles. The summed E-state index contributed by atoms with van der Waals surface area (Å²) in [4.78, 5) is 7.05. The van der Waals surface area contributed by atoms with Crippen LogP contribution in [0.4, 0.5) is 0 Å². The molecule has 1 heterocycles. The fourth-order valence-electron chi connectivity index (χ4n) is 4.60. The van der Waals surface area contributed by atoms with Gasteiger partial charge >= 0.3 is 23.7 Å². The topological polar surface area (TPSA) is 91.8 Å². The standard InChI is InChI=1S/C36H32N3O6P3/c1-7-19-31(20-8-1)40-46(41-32-21-9-2-10-22-32)37-47(42-33-23-11-3-12-24-33,43-34-25-13-4-14-26-34)39-48(38-46,44-35-27-15-5-16-28-35)45-36-29-17-6-18-30-36/h1-30,37-38H/q+2. The maximum atomic E-state index is 6.85. The first-order valence-corrected chi connectivity index (χ1v) is 19.9. The molecular weight excluding hydrogens is 663 g/mol. The number of para-hydroxylation sites is 6. The predicted octanol–water partition coefficient (Wildman–Crippen LogP) is 11.0. The highest BCUT2D eigenvalue weighted by atomic mass is 31.3. The van der Waals surface area contributed by atoms with Crippen molar-refractivity contribution in [3.05, 3.63) is 182 Å². The Morgan fingerprint density at radius 2 is 0.667 bits per heavy atom. The first-order valence-electron chi connectivity index (χ1n) is 15.1. The Balaban J connectivity index is 1.48. The Bertz CT molecular complexity index is 1820. The Kier molecular flexibility index (Phi) is 9.57. The molecule has 12 heteroatoms. The number of benzene rings is 6. The molecule has 240 valence electrons. The molecule has 0 spiro atoms. The smallest absolute Gasteiger partial charge is 0.415 e. The molecule has 6 aromatic rings. The van der Waals surface area contributed by atoms with Crippen LogP contribution in [0.5, 0.6) is 34.5 Å². The number of nitrogens with zero attached hydrogens (tertiary/aromatic N) is 1. The first-order chi connectivity index (χ1) is 23.6. The van der Waals surface area contributed by atoms with Crippen LogP contribution in [0.3, 0.4) is 0 Å². The summed E-state index contributed by atoms with van der Waals surface area (Å²) in [7, 11) is -11.0. The number of nitrogens with one attached hydrogen (secondary N) is 2. The fourth-order valence-corrected chi connectivity index (χ4v) is 14.6. The van der Waals surface area contributed by atoms with Crippen LogP contribution >= 0.6 is 23.7 Å². The van der Waals surface area contributed by atoms with Crippen molar-refractivity contribution >= 4 is 23.7 Å². The van der Waals surface area contributed by atoms with Crippen molar-refractivity contribution in [1.29, 1.82) is 0 Å². The number of rotatable bonds is 12. The second-order valence-electron chi connectivity index (χ2n) is 10.3. The Hall–Kier alpha value is -4.87. The number of hydrogen-bond acceptors (Lipinski definition) is 9. The highest BCUT2D eigenvalue weighted by Gasteiger charge is 2.75. The lowest BCUT2D eigenvalue weighted by atomic mass is 10.3. The zero-order valence-corrected chi connectivity index (χ0v) is 28.2. The lowest BCUT2D eigenvalue weighted by Crippen LogP contribution is -2.41. The Morgan fingerprint density at radius 1 is 0.375 bits per heavy atom. The minimum Gasteiger partial charge on any atom is -0.415 e. The first kappa shape index (κ1) is 31.7. The third-order valence-corrected chi connectivity index (χ3v) is 15.4. The van der Waals surface area contributed by atoms with Crippen molar-refractivity contribution in [3.63, 3.8) is 0 Å². The van der Waals surface area contributed by atoms with E-state index >= 15 is 0 Å². The maximum absolute atomic E-state index is 6.85. The average molecular weight is 696 g/mol. The molecule has 2 N–H and O–H groups in total. The minimum atomic E-state index is -3.71. The lowest BCUT2D eigenvalue weighted by Gasteiger charge is -2.34. The maximum Gasteiger partial charge on any atom is 0.617 e. The molecule has 0 saturated carbocycles. The van der Waals surface area contributed by atoms with Gasteiger partial charge in [0.25, 0.3) is 0 Å². The molecule has 0 fully saturated rings. The van der Waals surface area contributed by atoms with Gasteiger partial charge < -0.3 is 9.05 Å². The van der Waals surface area contributed by atoms with E-state index in [4.69, 9.17) is 31.7 Å². The lowest BCUT2D eigenvalue weighted by molar-refractivity contribution is 0.404. The van der Waals surface area contributed by atoms with Gasteiger partial charge in [0.15, 0.2) is 23.0 Å². The highest BCUT2D eigenvalue weighted by Crippen LogP contribution is 2.79. The van der Waals surface area contributed by atoms with Gasteiger partial charge in [0.1, 0.15) is 16.4 Å². The fraction of sp³-hybridized carbons (Fsp3) is 0. The molecule has 9 nitrogen and oxygen atoms in total. The van der Waals surface area contributed by atoms with E-state index < -0.39 is 23.7 Å². The third kappa shape index (κ3) is 7.98. The van der Waals surface area contributed by atoms with Crippen molar-refractivity contribution < 1.29 is 27.1 Å². The monoisotopic (exact) mass is 695 g/mol. The second kappa shape index (κ2) is 14.5. The van der Waals surface area contributed by atoms with Crippen molar-refractivity contribution in [2.75, 3.05) is 0 Å². The van der Waals surface area contributed by atoms with Gasteiger partial charge in [0, 0.05) is 4.86 Å². The average Bonchev–Trinajstić information content (AvgIpc) is 3.10. The van der Waals surface area contributed by atoms with E-state index in [1.807, 2.05) is 182 Å². The molecular formula is C36H32N3O6P3+2. The van der Waals surface area contributed by atoms with Crippen LogP contribution in [0.1, 0.15) is 0 Å². The van der Waals surface area contributed by atoms with Gasteiger partial charge in [-0.25, -0.2) is 0 Å². The molecule has 0 saturated heterocycles. The predicted molar refractivity (Wildman–Crippen MR) is 192 cm³/mol. The number of hydrogen-bond donors (Lipinski definition) is 2. The zero-order valence-electron chi connectivity index (χ0n) is 25.6. The van der Waals surface area contributed by atoms with E-state index in [9.17, 15) is 0 Å². The second-order valence-corrected chi connectivity index (χ2v) is 16.9. The van der Waals surface area contributed by atoms with Crippen LogP contribution in [0.15, 0.2) is 187 Å². The molecule has 0 aliphatic carbocycles. The molecule has 7 rings (SSSR count). The summed E-state index contributed by atoms with van der Waals surface area (Å²) in [5.74, 6) is 3.09. The largest absolute Gasteiger partial charge is 0.617 e. The van der Waals surface area contributed by atoms with Gasteiger partial charge in [-0.3, -0.25) is 18.1 Å². The van der Waals surface area contributed by atoms with E-state index in [0.29, 0.717) is 34.5 Å². The molecule has 0 bridgehead atoms. The van der Waals surface area contributed by atoms with Crippen LogP contribution in [0, 0.1) is 0 Å². The van der Waals surface area contributed by atoms with Crippen molar-refractivity contribution in [3.8, 4) is 34.5 Å². The summed E-state index contributed by atoms with van der Waals surface area (Å²) in [6.45, 7) is 0. The Labute approximate surface area is 280 Å². The van der Waals surface area contributed by atoms with E-state index in [1.165, 1.54) is 0 Å². The van der Waals surface area contributed by atoms with Crippen LogP contribution in [0.25, 0.3) is 0 Å². The van der Waals surface area contributed by atoms with Crippen molar-refractivity contribution in [2.24, 2.45) is 4.52 Å². The van der Waals surface area contributed by atoms with E-state index in [2.05, 4.69) is 9.72 Å². The highest BCUT2D eigenvalue weighted by molar-refractivity contribution is 7.89. The van der Waals surface area contributed by atoms with Crippen molar-refractivity contribution in [1.82, 2.24) is 9.72 Å². The van der Waals surface area contributed by atoms with Crippen LogP contribution in [0.2, 0.25) is 0 Å². The SMILES string of the molecule is c1ccc(OP2(Oc3ccccc3)=N[P+](Oc3ccccc3)(Oc3ccccc3)N[P+](Oc3ccccc3)(Oc3ccccc3)N2)cc1. The van der Waals surface area contributed by atoms with Gasteiger partial charge in [-0.15, -0.1) is 0 Å². The van der Waals surface area contributed by atoms with E-state index in [-0.39, 0.29) is 0 Å². The third-order valence-electron chi connectivity index (χ3n) is 6.60. The van der Waals surface area contributed by atoms with E-state index in [0.717, 1.165) is 0 Å². The van der Waals surface area contributed by atoms with Gasteiger partial charge in [-0.05, 0) is 72.8 Å². The molecule has 6 aromatic carbocycles. The quantitative estimate of drug-likeness (QED) is 0.122. The van der Waals surface area contributed by atoms with Crippen LogP contribution < -0.4 is 36.9 Å². The summed E-state index contributed by atoms with van der Waals surface area (Å²) in [6, 6.07) is 56.1. The van der Waals surface area contributed by atoms with Gasteiger partial charge in [0.2, 0.25) is 0 Å². The minimum absolute atomic E-state index is 0.509. The zero-order chi connectivity index (χ0) is 32.5. The van der Waals surface area contributed by atoms with Gasteiger partial charge in [-0.2, -0.15) is 0 Å². The molecule has 1 aliphatic rings. The van der Waals surface area contributed by atoms with Crippen LogP contribution in [-0.2, 0) is 0 Å². The molecule has 0 atom stereocenters. The molecule has 48 heavy (non-hydrogen) atoms. The summed E-state index contributed by atoms with van der Waals surface area (Å²) in [6.07, 6.45) is 0. The normalized spacial score (nSPS) is 15.6. The summed E-state index contributed by atoms with van der Waals surface area (Å²) in [5.41, 5.74) is 0.